The second-order valence-corrected chi connectivity index (χ2v) is 5.59. The van der Waals surface area contributed by atoms with Gasteiger partial charge < -0.3 is 14.7 Å². The third kappa shape index (κ3) is 2.66. The summed E-state index contributed by atoms with van der Waals surface area (Å²) in [4.78, 5) is 25.2. The second-order valence-electron chi connectivity index (χ2n) is 5.59. The summed E-state index contributed by atoms with van der Waals surface area (Å²) in [5.74, 6) is -0.718. The normalized spacial score (nSPS) is 36.7. The van der Waals surface area contributed by atoms with E-state index in [1.165, 1.54) is 0 Å². The lowest BCUT2D eigenvalue weighted by Gasteiger charge is -2.37. The number of piperidine rings is 1. The van der Waals surface area contributed by atoms with Gasteiger partial charge in [-0.15, -0.1) is 0 Å². The molecular formula is C13H21NO4. The van der Waals surface area contributed by atoms with E-state index in [0.717, 1.165) is 6.42 Å². The molecule has 102 valence electrons. The topological polar surface area (TPSA) is 66.8 Å². The quantitative estimate of drug-likeness (QED) is 0.803. The highest BCUT2D eigenvalue weighted by Gasteiger charge is 2.39. The monoisotopic (exact) mass is 255 g/mol. The summed E-state index contributed by atoms with van der Waals surface area (Å²) in [6.45, 7) is 4.97. The Balaban J connectivity index is 2.05. The van der Waals surface area contributed by atoms with Crippen molar-refractivity contribution in [3.05, 3.63) is 0 Å². The highest BCUT2D eigenvalue weighted by molar-refractivity contribution is 5.85. The predicted octanol–water partition coefficient (Wildman–Crippen LogP) is 1.12. The molecule has 0 aromatic heterocycles. The van der Waals surface area contributed by atoms with Crippen LogP contribution in [0.2, 0.25) is 0 Å². The number of likely N-dealkylation sites (tertiary alicyclic amines) is 1. The SMILES string of the molecule is CC1CCN(C(=O)C2COC(C)C2)C(C(=O)O)C1. The van der Waals surface area contributed by atoms with Crippen molar-refractivity contribution in [3.8, 4) is 0 Å². The van der Waals surface area contributed by atoms with E-state index in [4.69, 9.17) is 4.74 Å². The van der Waals surface area contributed by atoms with Crippen molar-refractivity contribution in [2.75, 3.05) is 13.2 Å². The third-order valence-corrected chi connectivity index (χ3v) is 3.98. The van der Waals surface area contributed by atoms with E-state index >= 15 is 0 Å². The Kier molecular flexibility index (Phi) is 3.90. The van der Waals surface area contributed by atoms with Gasteiger partial charge in [-0.25, -0.2) is 4.79 Å². The standard InChI is InChI=1S/C13H21NO4/c1-8-3-4-14(11(5-8)13(16)17)12(15)10-6-9(2)18-7-10/h8-11H,3-7H2,1-2H3,(H,16,17). The average molecular weight is 255 g/mol. The molecule has 0 spiro atoms. The number of carboxylic acid groups (broad SMARTS) is 1. The van der Waals surface area contributed by atoms with Gasteiger partial charge in [0.1, 0.15) is 6.04 Å². The molecule has 0 bridgehead atoms. The first-order chi connectivity index (χ1) is 8.49. The molecule has 2 aliphatic heterocycles. The Hall–Kier alpha value is -1.10. The van der Waals surface area contributed by atoms with Crippen LogP contribution in [0.5, 0.6) is 0 Å². The molecular weight excluding hydrogens is 234 g/mol. The molecule has 1 N–H and O–H groups in total. The van der Waals surface area contributed by atoms with Crippen LogP contribution < -0.4 is 0 Å². The number of rotatable bonds is 2. The molecule has 2 heterocycles. The lowest BCUT2D eigenvalue weighted by atomic mass is 9.91. The van der Waals surface area contributed by atoms with E-state index in [1.54, 1.807) is 4.90 Å². The van der Waals surface area contributed by atoms with Crippen molar-refractivity contribution in [1.82, 2.24) is 4.90 Å². The largest absolute Gasteiger partial charge is 0.480 e. The minimum Gasteiger partial charge on any atom is -0.480 e. The first-order valence-corrected chi connectivity index (χ1v) is 6.64. The zero-order valence-corrected chi connectivity index (χ0v) is 11.0. The van der Waals surface area contributed by atoms with Crippen LogP contribution in [-0.2, 0) is 14.3 Å². The van der Waals surface area contributed by atoms with Gasteiger partial charge in [-0.05, 0) is 32.1 Å². The fraction of sp³-hybridized carbons (Fsp3) is 0.846. The lowest BCUT2D eigenvalue weighted by molar-refractivity contribution is -0.155. The van der Waals surface area contributed by atoms with Crippen LogP contribution in [0, 0.1) is 11.8 Å². The fourth-order valence-corrected chi connectivity index (χ4v) is 2.86. The van der Waals surface area contributed by atoms with E-state index in [-0.39, 0.29) is 17.9 Å². The van der Waals surface area contributed by atoms with Crippen molar-refractivity contribution in [2.24, 2.45) is 11.8 Å². The van der Waals surface area contributed by atoms with Gasteiger partial charge in [-0.3, -0.25) is 4.79 Å². The molecule has 0 aliphatic carbocycles. The van der Waals surface area contributed by atoms with E-state index < -0.39 is 12.0 Å². The van der Waals surface area contributed by atoms with Crippen LogP contribution in [0.15, 0.2) is 0 Å². The molecule has 2 rings (SSSR count). The number of hydrogen-bond donors (Lipinski definition) is 1. The number of carbonyl (C=O) groups is 2. The number of carbonyl (C=O) groups excluding carboxylic acids is 1. The molecule has 5 heteroatoms. The lowest BCUT2D eigenvalue weighted by Crippen LogP contribution is -2.51. The molecule has 4 unspecified atom stereocenters. The van der Waals surface area contributed by atoms with Crippen LogP contribution in [-0.4, -0.2) is 47.2 Å². The highest BCUT2D eigenvalue weighted by atomic mass is 16.5. The molecule has 0 aromatic rings. The number of aliphatic carboxylic acids is 1. The van der Waals surface area contributed by atoms with E-state index in [1.807, 2.05) is 13.8 Å². The Bertz CT molecular complexity index is 344. The van der Waals surface area contributed by atoms with Gasteiger partial charge in [-0.2, -0.15) is 0 Å². The summed E-state index contributed by atoms with van der Waals surface area (Å²) in [7, 11) is 0. The summed E-state index contributed by atoms with van der Waals surface area (Å²) in [5.41, 5.74) is 0. The van der Waals surface area contributed by atoms with Gasteiger partial charge >= 0.3 is 5.97 Å². The van der Waals surface area contributed by atoms with Crippen LogP contribution in [0.1, 0.15) is 33.1 Å². The van der Waals surface area contributed by atoms with Gasteiger partial charge in [0.25, 0.3) is 0 Å². The molecule has 2 fully saturated rings. The summed E-state index contributed by atoms with van der Waals surface area (Å²) < 4.78 is 5.40. The summed E-state index contributed by atoms with van der Waals surface area (Å²) in [6.07, 6.45) is 2.26. The Morgan fingerprint density at radius 3 is 2.56 bits per heavy atom. The summed E-state index contributed by atoms with van der Waals surface area (Å²) in [5, 5.41) is 9.24. The van der Waals surface area contributed by atoms with Crippen molar-refractivity contribution in [2.45, 2.75) is 45.3 Å². The molecule has 5 nitrogen and oxygen atoms in total. The molecule has 2 saturated heterocycles. The highest BCUT2D eigenvalue weighted by Crippen LogP contribution is 2.27. The number of hydrogen-bond acceptors (Lipinski definition) is 3. The van der Waals surface area contributed by atoms with Gasteiger partial charge in [0, 0.05) is 6.54 Å². The molecule has 0 saturated carbocycles. The Labute approximate surface area is 107 Å². The smallest absolute Gasteiger partial charge is 0.326 e. The number of amides is 1. The van der Waals surface area contributed by atoms with E-state index in [0.29, 0.717) is 31.9 Å². The number of ether oxygens (including phenoxy) is 1. The van der Waals surface area contributed by atoms with Crippen LogP contribution >= 0.6 is 0 Å². The second kappa shape index (κ2) is 5.26. The van der Waals surface area contributed by atoms with Crippen molar-refractivity contribution in [3.63, 3.8) is 0 Å². The van der Waals surface area contributed by atoms with E-state index in [9.17, 15) is 14.7 Å². The van der Waals surface area contributed by atoms with E-state index in [2.05, 4.69) is 0 Å². The maximum Gasteiger partial charge on any atom is 0.326 e. The number of nitrogens with zero attached hydrogens (tertiary/aromatic N) is 1. The maximum atomic E-state index is 12.4. The van der Waals surface area contributed by atoms with Gasteiger partial charge in [0.2, 0.25) is 5.91 Å². The van der Waals surface area contributed by atoms with Crippen molar-refractivity contribution in [1.29, 1.82) is 0 Å². The minimum atomic E-state index is -0.887. The van der Waals surface area contributed by atoms with Crippen molar-refractivity contribution < 1.29 is 19.4 Å². The third-order valence-electron chi connectivity index (χ3n) is 3.98. The maximum absolute atomic E-state index is 12.4. The van der Waals surface area contributed by atoms with Crippen LogP contribution in [0.3, 0.4) is 0 Å². The predicted molar refractivity (Wildman–Crippen MR) is 65.1 cm³/mol. The van der Waals surface area contributed by atoms with Crippen LogP contribution in [0.4, 0.5) is 0 Å². The molecule has 0 aromatic carbocycles. The number of carboxylic acids is 1. The van der Waals surface area contributed by atoms with Gasteiger partial charge in [0.05, 0.1) is 18.6 Å². The summed E-state index contributed by atoms with van der Waals surface area (Å²) >= 11 is 0. The molecule has 1 amide bonds. The molecule has 18 heavy (non-hydrogen) atoms. The zero-order chi connectivity index (χ0) is 13.3. The molecule has 0 radical (unpaired) electrons. The minimum absolute atomic E-state index is 0.0429. The van der Waals surface area contributed by atoms with Crippen LogP contribution in [0.25, 0.3) is 0 Å². The molecule has 4 atom stereocenters. The van der Waals surface area contributed by atoms with Gasteiger partial charge in [0.15, 0.2) is 0 Å². The molecule has 2 aliphatic rings. The summed E-state index contributed by atoms with van der Waals surface area (Å²) in [6, 6.07) is -0.655. The zero-order valence-electron chi connectivity index (χ0n) is 11.0. The van der Waals surface area contributed by atoms with Gasteiger partial charge in [-0.1, -0.05) is 6.92 Å². The Morgan fingerprint density at radius 2 is 2.00 bits per heavy atom. The van der Waals surface area contributed by atoms with Crippen molar-refractivity contribution >= 4 is 11.9 Å². The first-order valence-electron chi connectivity index (χ1n) is 6.64. The Morgan fingerprint density at radius 1 is 1.28 bits per heavy atom. The first kappa shape index (κ1) is 13.3. The fourth-order valence-electron chi connectivity index (χ4n) is 2.86. The average Bonchev–Trinajstić information content (AvgIpc) is 2.75.